The molecule has 2 saturated heterocycles. The zero-order chi connectivity index (χ0) is 31.4. The number of anilines is 1. The van der Waals surface area contributed by atoms with Crippen LogP contribution in [0.3, 0.4) is 0 Å². The maximum absolute atomic E-state index is 15.5. The molecule has 0 bridgehead atoms. The fourth-order valence-electron chi connectivity index (χ4n) is 6.44. The quantitative estimate of drug-likeness (QED) is 0.363. The van der Waals surface area contributed by atoms with Crippen molar-refractivity contribution in [2.24, 2.45) is 0 Å². The first-order valence-corrected chi connectivity index (χ1v) is 15.9. The lowest BCUT2D eigenvalue weighted by Gasteiger charge is -2.43. The Balaban J connectivity index is 1.64. The molecule has 0 saturated carbocycles. The van der Waals surface area contributed by atoms with Crippen LogP contribution in [0, 0.1) is 0 Å². The number of rotatable bonds is 8. The molecule has 3 aromatic carbocycles. The van der Waals surface area contributed by atoms with Gasteiger partial charge in [0.2, 0.25) is 5.91 Å². The molecule has 13 heteroatoms. The number of para-hydroxylation sites is 1. The van der Waals surface area contributed by atoms with E-state index in [9.17, 15) is 13.2 Å². The van der Waals surface area contributed by atoms with Gasteiger partial charge in [0.05, 0.1) is 33.1 Å². The van der Waals surface area contributed by atoms with Gasteiger partial charge in [-0.05, 0) is 42.8 Å². The van der Waals surface area contributed by atoms with Crippen molar-refractivity contribution in [3.63, 3.8) is 0 Å². The number of ether oxygens (including phenoxy) is 3. The Hall–Kier alpha value is -3.87. The summed E-state index contributed by atoms with van der Waals surface area (Å²) in [6, 6.07) is 14.1. The molecule has 6 rings (SSSR count). The lowest BCUT2D eigenvalue weighted by atomic mass is 9.80. The molecule has 3 atom stereocenters. The minimum atomic E-state index is -4.67. The Bertz CT molecular complexity index is 1750. The van der Waals surface area contributed by atoms with Crippen molar-refractivity contribution >= 4 is 39.1 Å². The molecule has 3 aliphatic heterocycles. The highest BCUT2D eigenvalue weighted by molar-refractivity contribution is 7.93. The summed E-state index contributed by atoms with van der Waals surface area (Å²) in [5, 5.41) is 0.221. The van der Waals surface area contributed by atoms with E-state index in [0.717, 1.165) is 6.42 Å². The highest BCUT2D eigenvalue weighted by Crippen LogP contribution is 2.55. The SMILES string of the molecule is COc1ccc(S(=O)(=O)N2C(=O)C(c3ccccc3OC)(N3CC(F)C[C@H]3C(=O)N3CCC3)c3cc(Cl)ccc32)c(OC)c1. The largest absolute Gasteiger partial charge is 0.497 e. The summed E-state index contributed by atoms with van der Waals surface area (Å²) in [6.45, 7) is 0.742. The third kappa shape index (κ3) is 4.41. The number of carbonyl (C=O) groups excluding carboxylic acids is 2. The van der Waals surface area contributed by atoms with Gasteiger partial charge in [0.25, 0.3) is 15.9 Å². The van der Waals surface area contributed by atoms with Crippen molar-refractivity contribution in [2.75, 3.05) is 45.3 Å². The van der Waals surface area contributed by atoms with Gasteiger partial charge < -0.3 is 19.1 Å². The summed E-state index contributed by atoms with van der Waals surface area (Å²) in [5.41, 5.74) is -1.54. The fraction of sp³-hybridized carbons (Fsp3) is 0.355. The monoisotopic (exact) mass is 643 g/mol. The molecule has 10 nitrogen and oxygen atoms in total. The molecule has 0 N–H and O–H groups in total. The highest BCUT2D eigenvalue weighted by atomic mass is 35.5. The molecule has 2 unspecified atom stereocenters. The number of fused-ring (bicyclic) bond motifs is 1. The van der Waals surface area contributed by atoms with Crippen molar-refractivity contribution < 1.29 is 36.6 Å². The summed E-state index contributed by atoms with van der Waals surface area (Å²) >= 11 is 6.52. The van der Waals surface area contributed by atoms with E-state index in [0.29, 0.717) is 23.1 Å². The van der Waals surface area contributed by atoms with E-state index < -0.39 is 33.7 Å². The zero-order valence-corrected chi connectivity index (χ0v) is 25.9. The highest BCUT2D eigenvalue weighted by Gasteiger charge is 2.64. The van der Waals surface area contributed by atoms with Crippen LogP contribution >= 0.6 is 11.6 Å². The molecule has 3 heterocycles. The van der Waals surface area contributed by atoms with Crippen LogP contribution < -0.4 is 18.5 Å². The molecule has 0 aromatic heterocycles. The zero-order valence-electron chi connectivity index (χ0n) is 24.3. The van der Waals surface area contributed by atoms with Gasteiger partial charge in [-0.2, -0.15) is 0 Å². The van der Waals surface area contributed by atoms with E-state index in [2.05, 4.69) is 0 Å². The van der Waals surface area contributed by atoms with E-state index in [4.69, 9.17) is 25.8 Å². The summed E-state index contributed by atoms with van der Waals surface area (Å²) in [4.78, 5) is 31.8. The molecule has 3 aliphatic rings. The summed E-state index contributed by atoms with van der Waals surface area (Å²) in [7, 11) is -0.504. The molecule has 3 aromatic rings. The number of sulfonamides is 1. The van der Waals surface area contributed by atoms with Crippen LogP contribution in [-0.4, -0.2) is 83.2 Å². The number of amides is 2. The van der Waals surface area contributed by atoms with Crippen LogP contribution in [0.15, 0.2) is 65.6 Å². The molecule has 232 valence electrons. The maximum Gasteiger partial charge on any atom is 0.274 e. The summed E-state index contributed by atoms with van der Waals surface area (Å²) in [6.07, 6.45) is -0.795. The van der Waals surface area contributed by atoms with E-state index in [-0.39, 0.29) is 57.1 Å². The summed E-state index contributed by atoms with van der Waals surface area (Å²) in [5.74, 6) is -0.681. The van der Waals surface area contributed by atoms with E-state index in [1.165, 1.54) is 62.6 Å². The predicted octanol–water partition coefficient (Wildman–Crippen LogP) is 3.99. The van der Waals surface area contributed by atoms with Crippen LogP contribution in [0.25, 0.3) is 0 Å². The number of hydrogen-bond acceptors (Lipinski definition) is 8. The fourth-order valence-corrected chi connectivity index (χ4v) is 8.22. The van der Waals surface area contributed by atoms with Crippen molar-refractivity contribution in [1.82, 2.24) is 9.80 Å². The maximum atomic E-state index is 15.5. The van der Waals surface area contributed by atoms with Gasteiger partial charge in [-0.1, -0.05) is 29.8 Å². The van der Waals surface area contributed by atoms with Gasteiger partial charge in [-0.15, -0.1) is 0 Å². The van der Waals surface area contributed by atoms with Crippen molar-refractivity contribution in [1.29, 1.82) is 0 Å². The van der Waals surface area contributed by atoms with E-state index in [1.54, 1.807) is 29.2 Å². The number of carbonyl (C=O) groups is 2. The normalized spacial score (nSPS) is 23.3. The number of alkyl halides is 1. The Morgan fingerprint density at radius 3 is 2.34 bits per heavy atom. The number of hydrogen-bond donors (Lipinski definition) is 0. The smallest absolute Gasteiger partial charge is 0.274 e. The minimum absolute atomic E-state index is 0.0145. The molecule has 2 fully saturated rings. The third-order valence-corrected chi connectivity index (χ3v) is 10.6. The standard InChI is InChI=1S/C31H31ClFN3O7S/c1-41-21-10-12-28(27(17-21)43-3)44(39,40)36-24-11-9-19(32)15-23(24)31(30(36)38,22-7-4-5-8-26(22)42-2)35-18-20(33)16-25(35)29(37)34-13-6-14-34/h4-5,7-12,15,17,20,25H,6,13-14,16,18H2,1-3H3/t20?,25-,31?/m0/s1. The van der Waals surface area contributed by atoms with Crippen LogP contribution in [0.1, 0.15) is 24.0 Å². The topological polar surface area (TPSA) is 106 Å². The second kappa shape index (κ2) is 11.2. The Kier molecular flexibility index (Phi) is 7.71. The van der Waals surface area contributed by atoms with Crippen LogP contribution in [-0.2, 0) is 25.2 Å². The van der Waals surface area contributed by atoms with Gasteiger partial charge in [-0.25, -0.2) is 17.1 Å². The number of likely N-dealkylation sites (tertiary alicyclic amines) is 2. The lowest BCUT2D eigenvalue weighted by molar-refractivity contribution is -0.143. The van der Waals surface area contributed by atoms with Crippen molar-refractivity contribution in [3.05, 3.63) is 76.8 Å². The first-order valence-electron chi connectivity index (χ1n) is 14.0. The molecule has 0 radical (unpaired) electrons. The molecule has 2 amide bonds. The Morgan fingerprint density at radius 1 is 0.955 bits per heavy atom. The first kappa shape index (κ1) is 30.2. The lowest BCUT2D eigenvalue weighted by Crippen LogP contribution is -2.60. The van der Waals surface area contributed by atoms with Crippen molar-refractivity contribution in [3.8, 4) is 17.2 Å². The molecular weight excluding hydrogens is 613 g/mol. The van der Waals surface area contributed by atoms with E-state index in [1.807, 2.05) is 0 Å². The molecule has 0 aliphatic carbocycles. The van der Waals surface area contributed by atoms with Gasteiger partial charge in [0, 0.05) is 48.3 Å². The number of nitrogens with zero attached hydrogens (tertiary/aromatic N) is 3. The van der Waals surface area contributed by atoms with E-state index >= 15 is 9.18 Å². The second-order valence-corrected chi connectivity index (χ2v) is 13.0. The number of benzene rings is 3. The molecular formula is C31H31ClFN3O7S. The Morgan fingerprint density at radius 2 is 1.68 bits per heavy atom. The van der Waals surface area contributed by atoms with Gasteiger partial charge in [0.1, 0.15) is 28.3 Å². The third-order valence-electron chi connectivity index (χ3n) is 8.58. The predicted molar refractivity (Wildman–Crippen MR) is 161 cm³/mol. The minimum Gasteiger partial charge on any atom is -0.497 e. The number of halogens is 2. The summed E-state index contributed by atoms with van der Waals surface area (Å²) < 4.78 is 61.7. The molecule has 0 spiro atoms. The average molecular weight is 644 g/mol. The van der Waals surface area contributed by atoms with Gasteiger partial charge in [0.15, 0.2) is 5.54 Å². The van der Waals surface area contributed by atoms with Crippen LogP contribution in [0.4, 0.5) is 10.1 Å². The van der Waals surface area contributed by atoms with Crippen LogP contribution in [0.2, 0.25) is 5.02 Å². The van der Waals surface area contributed by atoms with Gasteiger partial charge >= 0.3 is 0 Å². The van der Waals surface area contributed by atoms with Crippen molar-refractivity contribution in [2.45, 2.75) is 35.5 Å². The average Bonchev–Trinajstić information content (AvgIpc) is 3.50. The van der Waals surface area contributed by atoms with Crippen LogP contribution in [0.5, 0.6) is 17.2 Å². The number of methoxy groups -OCH3 is 3. The Labute approximate surface area is 259 Å². The molecule has 44 heavy (non-hydrogen) atoms. The first-order chi connectivity index (χ1) is 21.1. The second-order valence-electron chi connectivity index (χ2n) is 10.8. The van der Waals surface area contributed by atoms with Gasteiger partial charge in [-0.3, -0.25) is 14.5 Å².